The Balaban J connectivity index is 2.19. The van der Waals surface area contributed by atoms with Crippen LogP contribution in [-0.2, 0) is 11.4 Å². The van der Waals surface area contributed by atoms with Gasteiger partial charge in [0.15, 0.2) is 0 Å². The maximum Gasteiger partial charge on any atom is 0.138 e. The molecule has 0 saturated carbocycles. The quantitative estimate of drug-likeness (QED) is 0.442. The third kappa shape index (κ3) is 2.74. The molecule has 0 spiro atoms. The third-order valence-corrected chi connectivity index (χ3v) is 1.06. The van der Waals surface area contributed by atoms with Crippen LogP contribution in [0.15, 0.2) is 11.5 Å². The van der Waals surface area contributed by atoms with Gasteiger partial charge in [0.1, 0.15) is 13.4 Å². The lowest BCUT2D eigenvalue weighted by molar-refractivity contribution is 0.214. The molecule has 1 heterocycles. The molecule has 60 valence electrons. The molecule has 0 fully saturated rings. The van der Waals surface area contributed by atoms with Gasteiger partial charge in [-0.2, -0.15) is 0 Å². The third-order valence-electron chi connectivity index (χ3n) is 1.06. The van der Waals surface area contributed by atoms with Crippen molar-refractivity contribution in [3.63, 3.8) is 0 Å². The molecule has 0 aliphatic carbocycles. The number of rotatable bonds is 4. The molecule has 0 amide bonds. The van der Waals surface area contributed by atoms with Gasteiger partial charge in [0.25, 0.3) is 0 Å². The lowest BCUT2D eigenvalue weighted by atomic mass is 10.5. The van der Waals surface area contributed by atoms with Gasteiger partial charge in [-0.05, 0) is 10.4 Å². The highest BCUT2D eigenvalue weighted by Gasteiger charge is 1.88. The zero-order chi connectivity index (χ0) is 7.94. The molecule has 1 aromatic rings. The summed E-state index contributed by atoms with van der Waals surface area (Å²) >= 11 is 0. The van der Waals surface area contributed by atoms with E-state index in [1.807, 2.05) is 0 Å². The van der Waals surface area contributed by atoms with Crippen LogP contribution in [-0.4, -0.2) is 33.5 Å². The van der Waals surface area contributed by atoms with Crippen LogP contribution in [0.5, 0.6) is 0 Å². The Labute approximate surface area is 63.8 Å². The summed E-state index contributed by atoms with van der Waals surface area (Å²) in [6.45, 7) is 0.722. The van der Waals surface area contributed by atoms with E-state index >= 15 is 0 Å². The first-order valence-electron chi connectivity index (χ1n) is 3.19. The first kappa shape index (κ1) is 7.64. The summed E-state index contributed by atoms with van der Waals surface area (Å²) in [5.74, 6) is 0. The van der Waals surface area contributed by atoms with E-state index in [2.05, 4.69) is 25.5 Å². The van der Waals surface area contributed by atoms with Gasteiger partial charge < -0.3 is 4.84 Å². The maximum absolute atomic E-state index is 4.47. The Kier molecular flexibility index (Phi) is 3.04. The van der Waals surface area contributed by atoms with Crippen molar-refractivity contribution < 1.29 is 4.84 Å². The van der Waals surface area contributed by atoms with Gasteiger partial charge >= 0.3 is 0 Å². The van der Waals surface area contributed by atoms with E-state index in [9.17, 15) is 0 Å². The Morgan fingerprint density at radius 2 is 2.64 bits per heavy atom. The lowest BCUT2D eigenvalue weighted by Gasteiger charge is -1.91. The van der Waals surface area contributed by atoms with Gasteiger partial charge in [0.05, 0.1) is 0 Å². The van der Waals surface area contributed by atoms with Crippen LogP contribution in [0.2, 0.25) is 0 Å². The summed E-state index contributed by atoms with van der Waals surface area (Å²) in [5.41, 5.74) is 0. The second kappa shape index (κ2) is 4.37. The highest BCUT2D eigenvalue weighted by molar-refractivity contribution is 5.55. The van der Waals surface area contributed by atoms with E-state index in [-0.39, 0.29) is 0 Å². The van der Waals surface area contributed by atoms with Crippen LogP contribution < -0.4 is 0 Å². The number of hydrogen-bond donors (Lipinski definition) is 0. The van der Waals surface area contributed by atoms with E-state index < -0.39 is 0 Å². The van der Waals surface area contributed by atoms with Crippen molar-refractivity contribution in [2.45, 2.75) is 13.0 Å². The normalized spacial score (nSPS) is 10.6. The van der Waals surface area contributed by atoms with Crippen molar-refractivity contribution in [1.82, 2.24) is 20.2 Å². The molecule has 6 nitrogen and oxygen atoms in total. The smallest absolute Gasteiger partial charge is 0.138 e. The second-order valence-electron chi connectivity index (χ2n) is 1.83. The van der Waals surface area contributed by atoms with Crippen molar-refractivity contribution >= 4 is 6.21 Å². The Morgan fingerprint density at radius 3 is 3.27 bits per heavy atom. The zero-order valence-electron chi connectivity index (χ0n) is 6.21. The maximum atomic E-state index is 4.47. The topological polar surface area (TPSA) is 65.2 Å². The molecule has 0 aromatic carbocycles. The van der Waals surface area contributed by atoms with E-state index in [1.54, 1.807) is 17.2 Å². The minimum Gasteiger partial charge on any atom is -0.399 e. The Morgan fingerprint density at radius 1 is 1.73 bits per heavy atom. The van der Waals surface area contributed by atoms with Crippen LogP contribution >= 0.6 is 0 Å². The summed E-state index contributed by atoms with van der Waals surface area (Å²) in [6.07, 6.45) is 3.99. The summed E-state index contributed by atoms with van der Waals surface area (Å²) in [6, 6.07) is 0. The van der Waals surface area contributed by atoms with Crippen molar-refractivity contribution in [2.24, 2.45) is 5.16 Å². The van der Waals surface area contributed by atoms with Crippen LogP contribution in [0, 0.1) is 0 Å². The Bertz CT molecular complexity index is 207. The van der Waals surface area contributed by atoms with E-state index in [4.69, 9.17) is 0 Å². The van der Waals surface area contributed by atoms with Crippen LogP contribution in [0.25, 0.3) is 0 Å². The van der Waals surface area contributed by atoms with E-state index in [0.717, 1.165) is 13.0 Å². The number of nitrogens with zero attached hydrogens (tertiary/aromatic N) is 5. The van der Waals surface area contributed by atoms with Gasteiger partial charge in [-0.25, -0.2) is 4.68 Å². The van der Waals surface area contributed by atoms with Gasteiger partial charge in [0.2, 0.25) is 0 Å². The van der Waals surface area contributed by atoms with Crippen molar-refractivity contribution in [3.05, 3.63) is 6.33 Å². The summed E-state index contributed by atoms with van der Waals surface area (Å²) < 4.78 is 1.63. The van der Waals surface area contributed by atoms with Gasteiger partial charge in [0, 0.05) is 19.2 Å². The molecule has 0 aliphatic rings. The molecule has 0 radical (unpaired) electrons. The van der Waals surface area contributed by atoms with E-state index in [0.29, 0.717) is 0 Å². The minimum absolute atomic E-state index is 0.722. The molecule has 11 heavy (non-hydrogen) atoms. The molecular weight excluding hydrogens is 146 g/mol. The molecule has 0 saturated heterocycles. The summed E-state index contributed by atoms with van der Waals surface area (Å²) in [7, 11) is 1.51. The fourth-order valence-electron chi connectivity index (χ4n) is 0.600. The van der Waals surface area contributed by atoms with Gasteiger partial charge in [-0.3, -0.25) is 0 Å². The lowest BCUT2D eigenvalue weighted by Crippen LogP contribution is -1.99. The molecule has 0 atom stereocenters. The van der Waals surface area contributed by atoms with Crippen molar-refractivity contribution in [3.8, 4) is 0 Å². The van der Waals surface area contributed by atoms with Crippen LogP contribution in [0.1, 0.15) is 6.42 Å². The highest BCUT2D eigenvalue weighted by Crippen LogP contribution is 1.82. The van der Waals surface area contributed by atoms with Crippen LogP contribution in [0.4, 0.5) is 0 Å². The fourth-order valence-corrected chi connectivity index (χ4v) is 0.600. The predicted molar refractivity (Wildman–Crippen MR) is 37.9 cm³/mol. The number of tetrazole rings is 1. The predicted octanol–water partition coefficient (Wildman–Crippen LogP) is -0.305. The first-order chi connectivity index (χ1) is 5.43. The highest BCUT2D eigenvalue weighted by atomic mass is 16.6. The largest absolute Gasteiger partial charge is 0.399 e. The Hall–Kier alpha value is -1.46. The molecule has 0 aliphatic heterocycles. The minimum atomic E-state index is 0.722. The zero-order valence-corrected chi connectivity index (χ0v) is 6.21. The molecule has 0 N–H and O–H groups in total. The van der Waals surface area contributed by atoms with E-state index in [1.165, 1.54) is 7.11 Å². The summed E-state index contributed by atoms with van der Waals surface area (Å²) in [4.78, 5) is 4.47. The fraction of sp³-hybridized carbons (Fsp3) is 0.600. The molecular formula is C5H9N5O. The second-order valence-corrected chi connectivity index (χ2v) is 1.83. The molecule has 0 bridgehead atoms. The molecule has 1 aromatic heterocycles. The standard InChI is InChI=1S/C5H9N5O/c1-11-7-3-2-4-10-5-6-8-9-10/h3,5H,2,4H2,1H3. The van der Waals surface area contributed by atoms with Crippen molar-refractivity contribution in [1.29, 1.82) is 0 Å². The van der Waals surface area contributed by atoms with Gasteiger partial charge in [-0.15, -0.1) is 5.10 Å². The molecule has 0 unspecified atom stereocenters. The number of aromatic nitrogens is 4. The number of oxime groups is 1. The van der Waals surface area contributed by atoms with Crippen LogP contribution in [0.3, 0.4) is 0 Å². The summed E-state index contributed by atoms with van der Waals surface area (Å²) in [5, 5.41) is 14.2. The van der Waals surface area contributed by atoms with Gasteiger partial charge in [-0.1, -0.05) is 5.16 Å². The first-order valence-corrected chi connectivity index (χ1v) is 3.19. The average molecular weight is 155 g/mol. The number of hydrogen-bond acceptors (Lipinski definition) is 5. The average Bonchev–Trinajstić information content (AvgIpc) is 2.50. The molecule has 6 heteroatoms. The SMILES string of the molecule is CON=CCCn1cnnn1. The van der Waals surface area contributed by atoms with Crippen molar-refractivity contribution in [2.75, 3.05) is 7.11 Å². The molecule has 1 rings (SSSR count). The monoisotopic (exact) mass is 155 g/mol. The number of aryl methyl sites for hydroxylation is 1.